The van der Waals surface area contributed by atoms with Crippen LogP contribution in [0.3, 0.4) is 0 Å². The summed E-state index contributed by atoms with van der Waals surface area (Å²) in [6.07, 6.45) is -0.478. The van der Waals surface area contributed by atoms with Crippen LogP contribution < -0.4 is 5.43 Å². The zero-order chi connectivity index (χ0) is 21.0. The van der Waals surface area contributed by atoms with Gasteiger partial charge in [0.25, 0.3) is 0 Å². The van der Waals surface area contributed by atoms with E-state index in [0.29, 0.717) is 16.7 Å². The van der Waals surface area contributed by atoms with E-state index >= 15 is 0 Å². The van der Waals surface area contributed by atoms with Crippen LogP contribution in [-0.2, 0) is 9.47 Å². The van der Waals surface area contributed by atoms with E-state index in [4.69, 9.17) is 21.1 Å². The van der Waals surface area contributed by atoms with Crippen molar-refractivity contribution in [2.45, 2.75) is 39.0 Å². The maximum atomic E-state index is 6.12. The second-order valence-electron chi connectivity index (χ2n) is 7.03. The first kappa shape index (κ1) is 21.3. The molecule has 0 aliphatic rings. The molecule has 29 heavy (non-hydrogen) atoms. The van der Waals surface area contributed by atoms with Gasteiger partial charge in [-0.25, -0.2) is 4.68 Å². The molecule has 0 aliphatic heterocycles. The Hall–Kier alpha value is -2.41. The summed E-state index contributed by atoms with van der Waals surface area (Å²) >= 11 is 6.12. The number of benzene rings is 2. The van der Waals surface area contributed by atoms with E-state index in [9.17, 15) is 0 Å². The average Bonchev–Trinajstić information content (AvgIpc) is 3.16. The van der Waals surface area contributed by atoms with E-state index in [0.717, 1.165) is 11.1 Å². The Kier molecular flexibility index (Phi) is 6.90. The Balaban J connectivity index is 2.09. The molecule has 3 rings (SSSR count). The van der Waals surface area contributed by atoms with Crippen LogP contribution in [0.25, 0.3) is 0 Å². The molecule has 0 spiro atoms. The quantitative estimate of drug-likeness (QED) is 0.562. The fourth-order valence-corrected chi connectivity index (χ4v) is 3.19. The maximum Gasteiger partial charge on any atom is 0.180 e. The first-order valence-corrected chi connectivity index (χ1v) is 9.91. The molecule has 0 saturated heterocycles. The maximum absolute atomic E-state index is 6.12. The van der Waals surface area contributed by atoms with Crippen LogP contribution in [0, 0.1) is 6.92 Å². The second-order valence-corrected chi connectivity index (χ2v) is 7.47. The minimum atomic E-state index is -0.239. The van der Waals surface area contributed by atoms with Crippen molar-refractivity contribution in [2.75, 3.05) is 19.6 Å². The van der Waals surface area contributed by atoms with Gasteiger partial charge < -0.3 is 14.9 Å². The van der Waals surface area contributed by atoms with Gasteiger partial charge in [0.1, 0.15) is 12.2 Å². The van der Waals surface area contributed by atoms with Crippen molar-refractivity contribution in [3.05, 3.63) is 81.9 Å². The summed E-state index contributed by atoms with van der Waals surface area (Å²) in [5.41, 5.74) is 6.97. The van der Waals surface area contributed by atoms with E-state index in [1.807, 2.05) is 42.8 Å². The Morgan fingerprint density at radius 1 is 0.828 bits per heavy atom. The minimum absolute atomic E-state index is 0.144. The number of hydrogen-bond acceptors (Lipinski definition) is 5. The van der Waals surface area contributed by atoms with Gasteiger partial charge >= 0.3 is 0 Å². The van der Waals surface area contributed by atoms with Crippen LogP contribution in [0.1, 0.15) is 60.4 Å². The van der Waals surface area contributed by atoms with Crippen molar-refractivity contribution in [1.29, 1.82) is 0 Å². The molecule has 0 aliphatic carbocycles. The lowest BCUT2D eigenvalue weighted by Crippen LogP contribution is -2.27. The standard InChI is InChI=1S/C22H27ClN4O2/c1-14-6-8-17(9-7-14)20(18-10-12-19(23)13-11-18)26-27-21(15(2)28-4)24-25-22(27)16(3)29-5/h6-13,15-16,20,26H,1-5H3. The van der Waals surface area contributed by atoms with Gasteiger partial charge in [0, 0.05) is 19.2 Å². The topological polar surface area (TPSA) is 61.2 Å². The van der Waals surface area contributed by atoms with E-state index in [1.54, 1.807) is 14.2 Å². The molecule has 0 fully saturated rings. The molecule has 0 radical (unpaired) electrons. The predicted molar refractivity (Wildman–Crippen MR) is 115 cm³/mol. The molecule has 1 heterocycles. The van der Waals surface area contributed by atoms with Crippen molar-refractivity contribution in [3.63, 3.8) is 0 Å². The van der Waals surface area contributed by atoms with Crippen LogP contribution in [0.2, 0.25) is 5.02 Å². The molecular weight excluding hydrogens is 388 g/mol. The van der Waals surface area contributed by atoms with Gasteiger partial charge in [-0.15, -0.1) is 10.2 Å². The van der Waals surface area contributed by atoms with Crippen LogP contribution >= 0.6 is 11.6 Å². The normalized spacial score (nSPS) is 14.4. The number of ether oxygens (including phenoxy) is 2. The molecule has 2 aromatic carbocycles. The van der Waals surface area contributed by atoms with E-state index in [-0.39, 0.29) is 18.2 Å². The van der Waals surface area contributed by atoms with Crippen LogP contribution in [0.15, 0.2) is 48.5 Å². The number of aromatic nitrogens is 3. The molecule has 7 heteroatoms. The summed E-state index contributed by atoms with van der Waals surface area (Å²) in [6, 6.07) is 16.1. The molecule has 154 valence electrons. The molecular formula is C22H27ClN4O2. The number of methoxy groups -OCH3 is 2. The Morgan fingerprint density at radius 2 is 1.28 bits per heavy atom. The Morgan fingerprint density at radius 3 is 1.72 bits per heavy atom. The summed E-state index contributed by atoms with van der Waals surface area (Å²) in [5.74, 6) is 1.36. The molecule has 0 saturated carbocycles. The van der Waals surface area contributed by atoms with Crippen molar-refractivity contribution >= 4 is 11.6 Å². The van der Waals surface area contributed by atoms with E-state index in [1.165, 1.54) is 5.56 Å². The van der Waals surface area contributed by atoms with Gasteiger partial charge in [-0.3, -0.25) is 0 Å². The lowest BCUT2D eigenvalue weighted by atomic mass is 9.98. The highest BCUT2D eigenvalue weighted by molar-refractivity contribution is 6.30. The number of aryl methyl sites for hydroxylation is 1. The van der Waals surface area contributed by atoms with Gasteiger partial charge in [0.05, 0.1) is 6.04 Å². The molecule has 3 aromatic rings. The summed E-state index contributed by atoms with van der Waals surface area (Å²) < 4.78 is 12.9. The van der Waals surface area contributed by atoms with Crippen molar-refractivity contribution in [3.8, 4) is 0 Å². The molecule has 0 amide bonds. The van der Waals surface area contributed by atoms with Crippen molar-refractivity contribution < 1.29 is 9.47 Å². The van der Waals surface area contributed by atoms with Gasteiger partial charge in [-0.1, -0.05) is 53.6 Å². The number of nitrogens with one attached hydrogen (secondary N) is 1. The molecule has 1 aromatic heterocycles. The van der Waals surface area contributed by atoms with Crippen LogP contribution in [0.5, 0.6) is 0 Å². The van der Waals surface area contributed by atoms with Gasteiger partial charge in [-0.05, 0) is 44.0 Å². The molecule has 6 nitrogen and oxygen atoms in total. The van der Waals surface area contributed by atoms with Crippen LogP contribution in [0.4, 0.5) is 0 Å². The van der Waals surface area contributed by atoms with Gasteiger partial charge in [-0.2, -0.15) is 0 Å². The number of halogens is 1. The summed E-state index contributed by atoms with van der Waals surface area (Å²) in [5, 5.41) is 9.40. The molecule has 3 unspecified atom stereocenters. The molecule has 0 bridgehead atoms. The number of nitrogens with zero attached hydrogens (tertiary/aromatic N) is 3. The third-order valence-corrected chi connectivity index (χ3v) is 5.27. The Bertz CT molecular complexity index is 852. The smallest absolute Gasteiger partial charge is 0.180 e. The zero-order valence-electron chi connectivity index (χ0n) is 17.4. The molecule has 1 N–H and O–H groups in total. The third-order valence-electron chi connectivity index (χ3n) is 5.02. The van der Waals surface area contributed by atoms with E-state index in [2.05, 4.69) is 46.8 Å². The Labute approximate surface area is 176 Å². The number of rotatable bonds is 8. The summed E-state index contributed by atoms with van der Waals surface area (Å²) in [7, 11) is 3.31. The fourth-order valence-electron chi connectivity index (χ4n) is 3.06. The number of hydrogen-bond donors (Lipinski definition) is 1. The minimum Gasteiger partial charge on any atom is -0.374 e. The third kappa shape index (κ3) is 4.78. The van der Waals surface area contributed by atoms with E-state index < -0.39 is 0 Å². The predicted octanol–water partition coefficient (Wildman–Crippen LogP) is 4.99. The zero-order valence-corrected chi connectivity index (χ0v) is 18.1. The highest BCUT2D eigenvalue weighted by Crippen LogP contribution is 2.28. The summed E-state index contributed by atoms with van der Waals surface area (Å²) in [4.78, 5) is 0. The highest BCUT2D eigenvalue weighted by Gasteiger charge is 2.24. The monoisotopic (exact) mass is 414 g/mol. The second kappa shape index (κ2) is 9.39. The lowest BCUT2D eigenvalue weighted by Gasteiger charge is -2.25. The first-order valence-electron chi connectivity index (χ1n) is 9.54. The first-order chi connectivity index (χ1) is 13.9. The summed E-state index contributed by atoms with van der Waals surface area (Å²) in [6.45, 7) is 5.95. The SMILES string of the molecule is COC(C)c1nnc(C(C)OC)n1NC(c1ccc(C)cc1)c1ccc(Cl)cc1. The fraction of sp³-hybridized carbons (Fsp3) is 0.364. The van der Waals surface area contributed by atoms with Crippen molar-refractivity contribution in [1.82, 2.24) is 14.9 Å². The largest absolute Gasteiger partial charge is 0.374 e. The highest BCUT2D eigenvalue weighted by atomic mass is 35.5. The van der Waals surface area contributed by atoms with Gasteiger partial charge in [0.2, 0.25) is 0 Å². The molecule has 3 atom stereocenters. The average molecular weight is 415 g/mol. The van der Waals surface area contributed by atoms with Crippen molar-refractivity contribution in [2.24, 2.45) is 0 Å². The van der Waals surface area contributed by atoms with Gasteiger partial charge in [0.15, 0.2) is 11.6 Å². The lowest BCUT2D eigenvalue weighted by molar-refractivity contribution is 0.101. The van der Waals surface area contributed by atoms with Crippen LogP contribution in [-0.4, -0.2) is 29.1 Å².